The van der Waals surface area contributed by atoms with E-state index in [1.807, 2.05) is 27.7 Å². The lowest BCUT2D eigenvalue weighted by molar-refractivity contribution is -0.384. The molecule has 0 radical (unpaired) electrons. The molecule has 2 N–H and O–H groups in total. The molecule has 114 valence electrons. The summed E-state index contributed by atoms with van der Waals surface area (Å²) >= 11 is 0. The van der Waals surface area contributed by atoms with Gasteiger partial charge in [-0.1, -0.05) is 20.8 Å². The summed E-state index contributed by atoms with van der Waals surface area (Å²) in [6.45, 7) is 10.4. The van der Waals surface area contributed by atoms with Crippen molar-refractivity contribution < 1.29 is 10.0 Å². The summed E-state index contributed by atoms with van der Waals surface area (Å²) < 4.78 is 1.55. The van der Waals surface area contributed by atoms with Crippen molar-refractivity contribution in [3.63, 3.8) is 0 Å². The topological polar surface area (TPSA) is 93.2 Å². The van der Waals surface area contributed by atoms with E-state index in [1.54, 1.807) is 11.6 Å². The Morgan fingerprint density at radius 1 is 1.50 bits per heavy atom. The van der Waals surface area contributed by atoms with Crippen LogP contribution in [0.1, 0.15) is 39.8 Å². The Labute approximate surface area is 119 Å². The quantitative estimate of drug-likeness (QED) is 0.617. The monoisotopic (exact) mass is 284 g/mol. The molecule has 1 unspecified atom stereocenters. The molecule has 0 fully saturated rings. The number of hydrogen-bond donors (Lipinski definition) is 2. The van der Waals surface area contributed by atoms with Crippen molar-refractivity contribution in [2.45, 2.75) is 53.7 Å². The summed E-state index contributed by atoms with van der Waals surface area (Å²) in [5, 5.41) is 28.2. The molecule has 1 heterocycles. The van der Waals surface area contributed by atoms with Gasteiger partial charge in [0.1, 0.15) is 5.69 Å². The van der Waals surface area contributed by atoms with Crippen molar-refractivity contribution in [1.29, 1.82) is 0 Å². The third kappa shape index (κ3) is 4.19. The SMILES string of the molecule is CCn1nc(C)c([N+](=O)[O-])c1NCC(O)CC(C)(C)C. The molecule has 7 nitrogen and oxygen atoms in total. The van der Waals surface area contributed by atoms with Gasteiger partial charge in [-0.3, -0.25) is 10.1 Å². The Kier molecular flexibility index (Phi) is 5.10. The summed E-state index contributed by atoms with van der Waals surface area (Å²) in [7, 11) is 0. The fourth-order valence-electron chi connectivity index (χ4n) is 2.19. The summed E-state index contributed by atoms with van der Waals surface area (Å²) in [6, 6.07) is 0. The highest BCUT2D eigenvalue weighted by Crippen LogP contribution is 2.28. The molecule has 0 spiro atoms. The van der Waals surface area contributed by atoms with Gasteiger partial charge in [0.15, 0.2) is 0 Å². The van der Waals surface area contributed by atoms with Gasteiger partial charge in [0.25, 0.3) is 0 Å². The van der Waals surface area contributed by atoms with E-state index in [0.29, 0.717) is 24.5 Å². The molecule has 0 saturated carbocycles. The first-order chi connectivity index (χ1) is 9.15. The van der Waals surface area contributed by atoms with Gasteiger partial charge in [-0.25, -0.2) is 4.68 Å². The molecule has 0 aliphatic rings. The predicted octanol–water partition coefficient (Wildman–Crippen LogP) is 2.33. The summed E-state index contributed by atoms with van der Waals surface area (Å²) in [5.74, 6) is 0.364. The fraction of sp³-hybridized carbons (Fsp3) is 0.769. The minimum absolute atomic E-state index is 0.00788. The van der Waals surface area contributed by atoms with Crippen molar-refractivity contribution in [3.05, 3.63) is 15.8 Å². The molecule has 0 aliphatic heterocycles. The van der Waals surface area contributed by atoms with Crippen molar-refractivity contribution >= 4 is 11.5 Å². The van der Waals surface area contributed by atoms with Gasteiger partial charge in [-0.15, -0.1) is 0 Å². The Balaban J connectivity index is 2.84. The van der Waals surface area contributed by atoms with E-state index >= 15 is 0 Å². The second kappa shape index (κ2) is 6.21. The first-order valence-corrected chi connectivity index (χ1v) is 6.79. The molecular formula is C13H24N4O3. The number of rotatable bonds is 6. The van der Waals surface area contributed by atoms with E-state index < -0.39 is 11.0 Å². The van der Waals surface area contributed by atoms with Gasteiger partial charge in [0.05, 0.1) is 11.0 Å². The Morgan fingerprint density at radius 3 is 2.55 bits per heavy atom. The smallest absolute Gasteiger partial charge is 0.333 e. The fourth-order valence-corrected chi connectivity index (χ4v) is 2.19. The van der Waals surface area contributed by atoms with Crippen molar-refractivity contribution in [1.82, 2.24) is 9.78 Å². The van der Waals surface area contributed by atoms with Crippen molar-refractivity contribution in [2.75, 3.05) is 11.9 Å². The predicted molar refractivity (Wildman–Crippen MR) is 77.9 cm³/mol. The highest BCUT2D eigenvalue weighted by Gasteiger charge is 2.25. The van der Waals surface area contributed by atoms with Gasteiger partial charge in [0, 0.05) is 13.1 Å². The Morgan fingerprint density at radius 2 is 2.10 bits per heavy atom. The van der Waals surface area contributed by atoms with E-state index in [9.17, 15) is 15.2 Å². The number of aryl methyl sites for hydroxylation is 2. The van der Waals surface area contributed by atoms with Gasteiger partial charge < -0.3 is 10.4 Å². The summed E-state index contributed by atoms with van der Waals surface area (Å²) in [6.07, 6.45) is 0.0580. The van der Waals surface area contributed by atoms with Gasteiger partial charge in [-0.05, 0) is 25.7 Å². The van der Waals surface area contributed by atoms with Crippen LogP contribution in [-0.2, 0) is 6.54 Å². The average Bonchev–Trinajstić information content (AvgIpc) is 2.60. The molecule has 7 heteroatoms. The van der Waals surface area contributed by atoms with Gasteiger partial charge in [-0.2, -0.15) is 5.10 Å². The molecule has 0 aliphatic carbocycles. The lowest BCUT2D eigenvalue weighted by atomic mass is 9.89. The number of aliphatic hydroxyl groups excluding tert-OH is 1. The van der Waals surface area contributed by atoms with E-state index in [-0.39, 0.29) is 17.6 Å². The average molecular weight is 284 g/mol. The van der Waals surface area contributed by atoms with Crippen LogP contribution in [0.2, 0.25) is 0 Å². The number of aliphatic hydroxyl groups is 1. The Hall–Kier alpha value is -1.63. The maximum absolute atomic E-state index is 11.1. The second-order valence-corrected chi connectivity index (χ2v) is 6.16. The van der Waals surface area contributed by atoms with Crippen LogP contribution in [0.3, 0.4) is 0 Å². The Bertz CT molecular complexity index is 477. The first-order valence-electron chi connectivity index (χ1n) is 6.79. The molecule has 1 aromatic heterocycles. The number of nitro groups is 1. The van der Waals surface area contributed by atoms with Crippen LogP contribution in [0.4, 0.5) is 11.5 Å². The first kappa shape index (κ1) is 16.4. The summed E-state index contributed by atoms with van der Waals surface area (Å²) in [4.78, 5) is 10.7. The summed E-state index contributed by atoms with van der Waals surface area (Å²) in [5.41, 5.74) is 0.369. The van der Waals surface area contributed by atoms with Crippen LogP contribution in [0.15, 0.2) is 0 Å². The number of nitrogens with zero attached hydrogens (tertiary/aromatic N) is 3. The van der Waals surface area contributed by atoms with E-state index in [2.05, 4.69) is 10.4 Å². The van der Waals surface area contributed by atoms with E-state index in [1.165, 1.54) is 0 Å². The number of anilines is 1. The normalized spacial score (nSPS) is 13.3. The van der Waals surface area contributed by atoms with Crippen LogP contribution in [0, 0.1) is 22.5 Å². The molecule has 1 aromatic rings. The van der Waals surface area contributed by atoms with E-state index in [4.69, 9.17) is 0 Å². The van der Waals surface area contributed by atoms with Crippen LogP contribution in [-0.4, -0.2) is 32.5 Å². The van der Waals surface area contributed by atoms with Crippen LogP contribution < -0.4 is 5.32 Å². The molecule has 20 heavy (non-hydrogen) atoms. The molecule has 0 amide bonds. The standard InChI is InChI=1S/C13H24N4O3/c1-6-16-12(11(17(19)20)9(2)15-16)14-8-10(18)7-13(3,4)5/h10,14,18H,6-8H2,1-5H3. The number of hydrogen-bond acceptors (Lipinski definition) is 5. The lowest BCUT2D eigenvalue weighted by Crippen LogP contribution is -2.26. The van der Waals surface area contributed by atoms with E-state index in [0.717, 1.165) is 0 Å². The second-order valence-electron chi connectivity index (χ2n) is 6.16. The molecule has 1 atom stereocenters. The molecule has 1 rings (SSSR count). The zero-order chi connectivity index (χ0) is 15.5. The molecule has 0 saturated heterocycles. The molecule has 0 aromatic carbocycles. The zero-order valence-corrected chi connectivity index (χ0v) is 12.8. The third-order valence-corrected chi connectivity index (χ3v) is 2.93. The molecule has 0 bridgehead atoms. The molecular weight excluding hydrogens is 260 g/mol. The maximum Gasteiger partial charge on any atom is 0.333 e. The van der Waals surface area contributed by atoms with Gasteiger partial charge in [0.2, 0.25) is 5.82 Å². The van der Waals surface area contributed by atoms with Crippen molar-refractivity contribution in [2.24, 2.45) is 5.41 Å². The van der Waals surface area contributed by atoms with Crippen molar-refractivity contribution in [3.8, 4) is 0 Å². The highest BCUT2D eigenvalue weighted by atomic mass is 16.6. The van der Waals surface area contributed by atoms with Gasteiger partial charge >= 0.3 is 5.69 Å². The highest BCUT2D eigenvalue weighted by molar-refractivity contribution is 5.59. The lowest BCUT2D eigenvalue weighted by Gasteiger charge is -2.22. The largest absolute Gasteiger partial charge is 0.391 e. The number of aromatic nitrogens is 2. The van der Waals surface area contributed by atoms with Crippen LogP contribution in [0.5, 0.6) is 0 Å². The van der Waals surface area contributed by atoms with Crippen LogP contribution in [0.25, 0.3) is 0 Å². The zero-order valence-electron chi connectivity index (χ0n) is 12.8. The minimum Gasteiger partial charge on any atom is -0.391 e. The van der Waals surface area contributed by atoms with Crippen LogP contribution >= 0.6 is 0 Å². The minimum atomic E-state index is -0.560. The third-order valence-electron chi connectivity index (χ3n) is 2.93. The number of nitrogens with one attached hydrogen (secondary N) is 1. The maximum atomic E-state index is 11.1.